The number of para-hydroxylation sites is 1. The Morgan fingerprint density at radius 2 is 2.06 bits per heavy atom. The van der Waals surface area contributed by atoms with Crippen LogP contribution in [0.15, 0.2) is 46.9 Å². The smallest absolute Gasteiger partial charge is 0.321 e. The molecule has 17 heavy (non-hydrogen) atoms. The van der Waals surface area contributed by atoms with Crippen LogP contribution in [-0.2, 0) is 11.8 Å². The second kappa shape index (κ2) is 5.25. The van der Waals surface area contributed by atoms with Gasteiger partial charge in [-0.15, -0.1) is 11.8 Å². The first-order chi connectivity index (χ1) is 8.11. The predicted molar refractivity (Wildman–Crippen MR) is 79.2 cm³/mol. The molecule has 1 N–H and O–H groups in total. The Morgan fingerprint density at radius 3 is 2.71 bits per heavy atom. The Morgan fingerprint density at radius 1 is 1.35 bits per heavy atom. The Balaban J connectivity index is 2.24. The fraction of sp³-hybridized carbons (Fsp3) is 0.182. The van der Waals surface area contributed by atoms with Gasteiger partial charge in [-0.2, -0.15) is 4.76 Å². The summed E-state index contributed by atoms with van der Waals surface area (Å²) in [5.74, 6) is 0.752. The van der Waals surface area contributed by atoms with Crippen molar-refractivity contribution in [2.75, 3.05) is 6.26 Å². The van der Waals surface area contributed by atoms with E-state index < -0.39 is 6.57 Å². The van der Waals surface area contributed by atoms with Gasteiger partial charge in [0, 0.05) is 5.70 Å². The number of hydrogen-bond donors (Lipinski definition) is 1. The molecule has 0 fully saturated rings. The van der Waals surface area contributed by atoms with Crippen LogP contribution < -0.4 is 9.61 Å². The normalized spacial score (nSPS) is 23.4. The van der Waals surface area contributed by atoms with Crippen LogP contribution in [0.25, 0.3) is 0 Å². The molecule has 0 aliphatic carbocycles. The van der Waals surface area contributed by atoms with E-state index in [-0.39, 0.29) is 0 Å². The first kappa shape index (κ1) is 12.7. The maximum Gasteiger partial charge on any atom is 0.321 e. The molecule has 3 nitrogen and oxygen atoms in total. The fourth-order valence-electron chi connectivity index (χ4n) is 1.39. The summed E-state index contributed by atoms with van der Waals surface area (Å²) in [6.45, 7) is -0.409. The molecule has 1 aliphatic rings. The Bertz CT molecular complexity index is 513. The highest BCUT2D eigenvalue weighted by Crippen LogP contribution is 2.48. The van der Waals surface area contributed by atoms with Gasteiger partial charge in [-0.1, -0.05) is 18.2 Å². The first-order valence-corrected chi connectivity index (χ1v) is 8.96. The predicted octanol–water partition coefficient (Wildman–Crippen LogP) is 3.56. The lowest BCUT2D eigenvalue weighted by Gasteiger charge is -2.24. The van der Waals surface area contributed by atoms with Crippen LogP contribution in [0.2, 0.25) is 0 Å². The zero-order valence-electron chi connectivity index (χ0n) is 9.58. The van der Waals surface area contributed by atoms with Crippen molar-refractivity contribution in [2.45, 2.75) is 6.92 Å². The second-order valence-electron chi connectivity index (χ2n) is 3.51. The molecule has 0 amide bonds. The number of nitrogens with one attached hydrogen (secondary N) is 1. The van der Waals surface area contributed by atoms with E-state index in [1.54, 1.807) is 11.8 Å². The average molecular weight is 284 g/mol. The van der Waals surface area contributed by atoms with E-state index >= 15 is 0 Å². The van der Waals surface area contributed by atoms with Crippen LogP contribution in [0, 0.1) is 0 Å². The van der Waals surface area contributed by atoms with E-state index in [9.17, 15) is 0 Å². The molecular weight excluding hydrogens is 271 g/mol. The molecule has 1 aliphatic heterocycles. The van der Waals surface area contributed by atoms with Crippen molar-refractivity contribution in [3.63, 3.8) is 0 Å². The molecular formula is C11H13N2OPS2. The number of benzene rings is 1. The molecule has 0 radical (unpaired) electrons. The van der Waals surface area contributed by atoms with E-state index in [1.807, 2.05) is 49.6 Å². The Labute approximate surface area is 111 Å². The van der Waals surface area contributed by atoms with Crippen molar-refractivity contribution < 1.29 is 4.52 Å². The fourth-order valence-corrected chi connectivity index (χ4v) is 4.84. The van der Waals surface area contributed by atoms with E-state index in [0.29, 0.717) is 0 Å². The summed E-state index contributed by atoms with van der Waals surface area (Å²) in [7, 11) is 0. The number of hydrogen-bond acceptors (Lipinski definition) is 3. The maximum atomic E-state index is 5.82. The van der Waals surface area contributed by atoms with Gasteiger partial charge in [-0.05, 0) is 43.2 Å². The maximum absolute atomic E-state index is 5.82. The number of allylic oxidation sites excluding steroid dienone is 1. The molecule has 1 aromatic rings. The van der Waals surface area contributed by atoms with E-state index in [0.717, 1.165) is 16.5 Å². The standard InChI is InChI=1S/C11H13N2OPS2/c1-9-8-11(17-2)13-15(16,12-9)14-10-6-4-3-5-7-10/h3-8H,1-2H3,(H,12,13,16). The highest BCUT2D eigenvalue weighted by Gasteiger charge is 2.22. The van der Waals surface area contributed by atoms with Crippen LogP contribution in [0.4, 0.5) is 0 Å². The summed E-state index contributed by atoms with van der Waals surface area (Å²) in [5, 5.41) is 4.09. The van der Waals surface area contributed by atoms with Gasteiger partial charge in [0.15, 0.2) is 0 Å². The Hall–Kier alpha value is -0.770. The third kappa shape index (κ3) is 3.35. The van der Waals surface area contributed by atoms with Crippen molar-refractivity contribution in [2.24, 2.45) is 4.76 Å². The largest absolute Gasteiger partial charge is 0.432 e. The van der Waals surface area contributed by atoms with Crippen LogP contribution in [0.1, 0.15) is 6.92 Å². The summed E-state index contributed by atoms with van der Waals surface area (Å²) in [6, 6.07) is 9.55. The van der Waals surface area contributed by atoms with Gasteiger partial charge in [0.05, 0.1) is 0 Å². The summed E-state index contributed by atoms with van der Waals surface area (Å²) in [4.78, 5) is 0. The zero-order valence-corrected chi connectivity index (χ0v) is 12.1. The SMILES string of the molecule is CSC1=NP(=S)(Oc2ccccc2)NC(C)=C1. The van der Waals surface area contributed by atoms with Crippen LogP contribution in [0.3, 0.4) is 0 Å². The van der Waals surface area contributed by atoms with Crippen molar-refractivity contribution in [3.8, 4) is 5.75 Å². The zero-order chi connectivity index (χ0) is 12.3. The van der Waals surface area contributed by atoms with Crippen LogP contribution in [-0.4, -0.2) is 11.3 Å². The molecule has 0 spiro atoms. The highest BCUT2D eigenvalue weighted by atomic mass is 32.4. The van der Waals surface area contributed by atoms with Crippen LogP contribution in [0.5, 0.6) is 5.75 Å². The molecule has 0 saturated heterocycles. The minimum Gasteiger partial charge on any atom is -0.432 e. The lowest BCUT2D eigenvalue weighted by molar-refractivity contribution is 0.603. The molecule has 1 unspecified atom stereocenters. The summed E-state index contributed by atoms with van der Waals surface area (Å²) in [5.41, 5.74) is 1.00. The second-order valence-corrected chi connectivity index (χ2v) is 7.46. The summed E-state index contributed by atoms with van der Waals surface area (Å²) < 4.78 is 10.3. The summed E-state index contributed by atoms with van der Waals surface area (Å²) in [6.07, 6.45) is 3.96. The minimum absolute atomic E-state index is 0.752. The van der Waals surface area contributed by atoms with Gasteiger partial charge in [0.2, 0.25) is 0 Å². The third-order valence-electron chi connectivity index (χ3n) is 2.07. The average Bonchev–Trinajstić information content (AvgIpc) is 2.28. The monoisotopic (exact) mass is 284 g/mol. The van der Waals surface area contributed by atoms with Gasteiger partial charge in [-0.3, -0.25) is 0 Å². The number of rotatable bonds is 2. The highest BCUT2D eigenvalue weighted by molar-refractivity contribution is 8.15. The molecule has 6 heteroatoms. The van der Waals surface area contributed by atoms with Gasteiger partial charge >= 0.3 is 6.57 Å². The number of thioether (sulfide) groups is 1. The van der Waals surface area contributed by atoms with Crippen molar-refractivity contribution in [3.05, 3.63) is 42.1 Å². The molecule has 90 valence electrons. The minimum atomic E-state index is -2.38. The molecule has 1 aromatic carbocycles. The molecule has 0 bridgehead atoms. The van der Waals surface area contributed by atoms with E-state index in [1.165, 1.54) is 0 Å². The van der Waals surface area contributed by atoms with Crippen LogP contribution >= 0.6 is 18.3 Å². The lowest BCUT2D eigenvalue weighted by atomic mass is 10.3. The molecule has 0 aromatic heterocycles. The molecule has 0 saturated carbocycles. The van der Waals surface area contributed by atoms with E-state index in [2.05, 4.69) is 9.85 Å². The quantitative estimate of drug-likeness (QED) is 0.842. The van der Waals surface area contributed by atoms with Gasteiger partial charge < -0.3 is 9.61 Å². The van der Waals surface area contributed by atoms with Gasteiger partial charge in [0.25, 0.3) is 0 Å². The van der Waals surface area contributed by atoms with Gasteiger partial charge in [0.1, 0.15) is 10.8 Å². The van der Waals surface area contributed by atoms with Gasteiger partial charge in [-0.25, -0.2) is 0 Å². The lowest BCUT2D eigenvalue weighted by Crippen LogP contribution is -2.16. The molecule has 1 atom stereocenters. The summed E-state index contributed by atoms with van der Waals surface area (Å²) >= 11 is 7.07. The van der Waals surface area contributed by atoms with Crippen molar-refractivity contribution in [1.29, 1.82) is 0 Å². The van der Waals surface area contributed by atoms with Crippen molar-refractivity contribution >= 4 is 35.2 Å². The topological polar surface area (TPSA) is 33.6 Å². The molecule has 2 rings (SSSR count). The van der Waals surface area contributed by atoms with Crippen molar-refractivity contribution in [1.82, 2.24) is 5.09 Å². The Kier molecular flexibility index (Phi) is 3.92. The number of nitrogens with zero attached hydrogens (tertiary/aromatic N) is 1. The molecule has 1 heterocycles. The van der Waals surface area contributed by atoms with E-state index in [4.69, 9.17) is 16.3 Å². The first-order valence-electron chi connectivity index (χ1n) is 5.07. The third-order valence-corrected chi connectivity index (χ3v) is 5.15.